The lowest BCUT2D eigenvalue weighted by molar-refractivity contribution is 0.434. The Morgan fingerprint density at radius 2 is 0.845 bits per heavy atom. The summed E-state index contributed by atoms with van der Waals surface area (Å²) in [5.74, 6) is 3.60. The first-order valence-corrected chi connectivity index (χ1v) is 19.6. The Morgan fingerprint density at radius 1 is 0.328 bits per heavy atom. The van der Waals surface area contributed by atoms with Crippen LogP contribution in [0.1, 0.15) is 22.3 Å². The molecule has 9 aromatic carbocycles. The van der Waals surface area contributed by atoms with Crippen LogP contribution in [-0.4, -0.2) is 15.0 Å². The molecule has 0 atom stereocenters. The van der Waals surface area contributed by atoms with Crippen LogP contribution < -0.4 is 4.74 Å². The number of para-hydroxylation sites is 2. The van der Waals surface area contributed by atoms with Crippen molar-refractivity contribution in [2.45, 2.75) is 5.41 Å². The molecule has 1 aliphatic heterocycles. The molecular weight excluding hydrogens is 707 g/mol. The zero-order valence-corrected chi connectivity index (χ0v) is 31.5. The molecule has 4 nitrogen and oxygen atoms in total. The zero-order chi connectivity index (χ0) is 38.5. The van der Waals surface area contributed by atoms with Crippen LogP contribution in [0.4, 0.5) is 0 Å². The number of hydrogen-bond acceptors (Lipinski definition) is 4. The van der Waals surface area contributed by atoms with Crippen molar-refractivity contribution >= 4 is 21.5 Å². The largest absolute Gasteiger partial charge is 0.457 e. The third-order valence-electron chi connectivity index (χ3n) is 11.5. The van der Waals surface area contributed by atoms with E-state index in [2.05, 4.69) is 182 Å². The van der Waals surface area contributed by atoms with Gasteiger partial charge in [0.1, 0.15) is 11.5 Å². The van der Waals surface area contributed by atoms with Crippen LogP contribution in [0, 0.1) is 0 Å². The first-order valence-electron chi connectivity index (χ1n) is 19.6. The van der Waals surface area contributed by atoms with Crippen LogP contribution in [-0.2, 0) is 5.41 Å². The summed E-state index contributed by atoms with van der Waals surface area (Å²) >= 11 is 0. The molecule has 0 aliphatic carbocycles. The zero-order valence-electron chi connectivity index (χ0n) is 31.5. The fraction of sp³-hybridized carbons (Fsp3) is 0.0185. The lowest BCUT2D eigenvalue weighted by Gasteiger charge is -2.41. The predicted molar refractivity (Wildman–Crippen MR) is 235 cm³/mol. The van der Waals surface area contributed by atoms with Crippen LogP contribution in [0.3, 0.4) is 0 Å². The number of nitrogens with zero attached hydrogens (tertiary/aromatic N) is 3. The third kappa shape index (κ3) is 5.49. The average molecular weight is 742 g/mol. The number of hydrogen-bond donors (Lipinski definition) is 0. The summed E-state index contributed by atoms with van der Waals surface area (Å²) in [6.07, 6.45) is 0. The second-order valence-corrected chi connectivity index (χ2v) is 14.7. The van der Waals surface area contributed by atoms with Crippen molar-refractivity contribution in [3.8, 4) is 56.8 Å². The third-order valence-corrected chi connectivity index (χ3v) is 11.5. The molecule has 0 radical (unpaired) electrons. The highest BCUT2D eigenvalue weighted by molar-refractivity contribution is 6.08. The van der Waals surface area contributed by atoms with Gasteiger partial charge >= 0.3 is 0 Å². The van der Waals surface area contributed by atoms with E-state index in [-0.39, 0.29) is 0 Å². The minimum Gasteiger partial charge on any atom is -0.457 e. The van der Waals surface area contributed by atoms with Crippen molar-refractivity contribution in [2.24, 2.45) is 0 Å². The molecule has 4 heteroatoms. The van der Waals surface area contributed by atoms with E-state index in [9.17, 15) is 0 Å². The molecule has 2 heterocycles. The Morgan fingerprint density at radius 3 is 1.59 bits per heavy atom. The van der Waals surface area contributed by atoms with Crippen molar-refractivity contribution in [3.05, 3.63) is 235 Å². The number of fused-ring (bicyclic) bond motifs is 5. The number of aromatic nitrogens is 3. The molecule has 11 rings (SSSR count). The molecular formula is C54H35N3O. The molecule has 0 spiro atoms. The molecule has 1 aromatic heterocycles. The van der Waals surface area contributed by atoms with E-state index in [1.807, 2.05) is 30.3 Å². The van der Waals surface area contributed by atoms with E-state index >= 15 is 0 Å². The molecule has 10 aromatic rings. The van der Waals surface area contributed by atoms with Crippen molar-refractivity contribution in [2.75, 3.05) is 0 Å². The lowest BCUT2D eigenvalue weighted by Crippen LogP contribution is -2.34. The predicted octanol–water partition coefficient (Wildman–Crippen LogP) is 13.3. The van der Waals surface area contributed by atoms with Gasteiger partial charge in [0.2, 0.25) is 0 Å². The monoisotopic (exact) mass is 741 g/mol. The average Bonchev–Trinajstić information content (AvgIpc) is 3.31. The van der Waals surface area contributed by atoms with E-state index in [1.54, 1.807) is 0 Å². The van der Waals surface area contributed by atoms with Gasteiger partial charge in [-0.1, -0.05) is 194 Å². The minimum absolute atomic E-state index is 0.593. The number of benzene rings is 9. The highest BCUT2D eigenvalue weighted by Crippen LogP contribution is 2.55. The van der Waals surface area contributed by atoms with Gasteiger partial charge in [-0.3, -0.25) is 0 Å². The van der Waals surface area contributed by atoms with Gasteiger partial charge in [0, 0.05) is 27.8 Å². The summed E-state index contributed by atoms with van der Waals surface area (Å²) in [4.78, 5) is 15.4. The maximum absolute atomic E-state index is 6.54. The highest BCUT2D eigenvalue weighted by Gasteiger charge is 2.45. The van der Waals surface area contributed by atoms with Crippen LogP contribution >= 0.6 is 0 Å². The topological polar surface area (TPSA) is 47.9 Å². The molecule has 0 fully saturated rings. The van der Waals surface area contributed by atoms with Crippen LogP contribution in [0.5, 0.6) is 11.5 Å². The molecule has 0 amide bonds. The van der Waals surface area contributed by atoms with E-state index < -0.39 is 5.41 Å². The van der Waals surface area contributed by atoms with Gasteiger partial charge in [-0.2, -0.15) is 0 Å². The van der Waals surface area contributed by atoms with Gasteiger partial charge in [-0.15, -0.1) is 0 Å². The number of rotatable bonds is 6. The molecule has 0 unspecified atom stereocenters. The maximum Gasteiger partial charge on any atom is 0.164 e. The lowest BCUT2D eigenvalue weighted by atomic mass is 9.63. The van der Waals surface area contributed by atoms with Crippen molar-refractivity contribution in [3.63, 3.8) is 0 Å². The smallest absolute Gasteiger partial charge is 0.164 e. The Balaban J connectivity index is 1.06. The second kappa shape index (κ2) is 13.8. The summed E-state index contributed by atoms with van der Waals surface area (Å²) in [7, 11) is 0. The van der Waals surface area contributed by atoms with E-state index in [0.29, 0.717) is 17.5 Å². The Kier molecular flexibility index (Phi) is 8.00. The Bertz CT molecular complexity index is 3100. The summed E-state index contributed by atoms with van der Waals surface area (Å²) < 4.78 is 6.54. The van der Waals surface area contributed by atoms with Crippen molar-refractivity contribution in [1.29, 1.82) is 0 Å². The van der Waals surface area contributed by atoms with Crippen molar-refractivity contribution in [1.82, 2.24) is 15.0 Å². The van der Waals surface area contributed by atoms with Gasteiger partial charge in [0.15, 0.2) is 17.5 Å². The van der Waals surface area contributed by atoms with E-state index in [1.165, 1.54) is 21.7 Å². The molecule has 0 saturated heterocycles. The molecule has 0 N–H and O–H groups in total. The van der Waals surface area contributed by atoms with Gasteiger partial charge in [0.25, 0.3) is 0 Å². The minimum atomic E-state index is -0.593. The summed E-state index contributed by atoms with van der Waals surface area (Å²) in [5.41, 5.74) is 8.88. The molecule has 58 heavy (non-hydrogen) atoms. The van der Waals surface area contributed by atoms with Crippen LogP contribution in [0.15, 0.2) is 212 Å². The summed E-state index contributed by atoms with van der Waals surface area (Å²) in [6.45, 7) is 0. The Labute approximate surface area is 336 Å². The van der Waals surface area contributed by atoms with Gasteiger partial charge < -0.3 is 4.74 Å². The van der Waals surface area contributed by atoms with Crippen LogP contribution in [0.25, 0.3) is 66.8 Å². The molecule has 1 aliphatic rings. The highest BCUT2D eigenvalue weighted by atomic mass is 16.5. The summed E-state index contributed by atoms with van der Waals surface area (Å²) in [5, 5.41) is 4.80. The fourth-order valence-electron chi connectivity index (χ4n) is 8.79. The number of ether oxygens (including phenoxy) is 1. The van der Waals surface area contributed by atoms with Crippen molar-refractivity contribution < 1.29 is 4.74 Å². The van der Waals surface area contributed by atoms with E-state index in [0.717, 1.165) is 61.4 Å². The van der Waals surface area contributed by atoms with Gasteiger partial charge in [-0.25, -0.2) is 15.0 Å². The fourth-order valence-corrected chi connectivity index (χ4v) is 8.79. The van der Waals surface area contributed by atoms with Crippen LogP contribution in [0.2, 0.25) is 0 Å². The van der Waals surface area contributed by atoms with Gasteiger partial charge in [-0.05, 0) is 62.0 Å². The quantitative estimate of drug-likeness (QED) is 0.159. The summed E-state index contributed by atoms with van der Waals surface area (Å²) in [6, 6.07) is 74.5. The van der Waals surface area contributed by atoms with E-state index in [4.69, 9.17) is 19.7 Å². The van der Waals surface area contributed by atoms with Gasteiger partial charge in [0.05, 0.1) is 5.41 Å². The standard InChI is InChI=1S/C54H35N3O/c1-3-16-38(17-4-1)51-55-52(40-31-34-45-39(35-40)28-27-36-15-7-8-20-43(36)45)57-53(56-51)46-22-10-9-21-44(46)37-29-32-42(33-30-37)54(41-18-5-2-6-19-41)47-23-11-13-25-49(47)58-50-26-14-12-24-48(50)54/h1-35H. The second-order valence-electron chi connectivity index (χ2n) is 14.7. The Hall–Kier alpha value is -7.69. The first kappa shape index (κ1) is 33.6. The molecule has 0 saturated carbocycles. The molecule has 272 valence electrons. The first-order chi connectivity index (χ1) is 28.7. The molecule has 0 bridgehead atoms. The normalized spacial score (nSPS) is 12.8. The maximum atomic E-state index is 6.54. The SMILES string of the molecule is c1ccc(-c2nc(-c3ccc4c(ccc5ccccc54)c3)nc(-c3ccccc3-c3ccc(C4(c5ccccc5)c5ccccc5Oc5ccccc54)cc3)n2)cc1.